The van der Waals surface area contributed by atoms with E-state index in [4.69, 9.17) is 42.1 Å². The molecule has 3 rings (SSSR count). The lowest BCUT2D eigenvalue weighted by atomic mass is 10.1. The quantitative estimate of drug-likeness (QED) is 0.582. The summed E-state index contributed by atoms with van der Waals surface area (Å²) in [6.07, 6.45) is 0. The zero-order valence-electron chi connectivity index (χ0n) is 14.7. The van der Waals surface area contributed by atoms with Crippen molar-refractivity contribution in [2.45, 2.75) is 0 Å². The highest BCUT2D eigenvalue weighted by atomic mass is 35.5. The van der Waals surface area contributed by atoms with Gasteiger partial charge in [-0.3, -0.25) is 0 Å². The summed E-state index contributed by atoms with van der Waals surface area (Å²) in [6, 6.07) is 21.6. The number of halogens is 1. The van der Waals surface area contributed by atoms with E-state index in [1.807, 2.05) is 24.3 Å². The topological polar surface area (TPSA) is 114 Å². The van der Waals surface area contributed by atoms with Crippen LogP contribution in [-0.4, -0.2) is 0 Å². The molecule has 7 heteroatoms. The van der Waals surface area contributed by atoms with Crippen molar-refractivity contribution in [1.29, 1.82) is 21.0 Å². The highest BCUT2D eigenvalue weighted by Crippen LogP contribution is 2.34. The van der Waals surface area contributed by atoms with Crippen molar-refractivity contribution in [3.63, 3.8) is 0 Å². The number of ether oxygens (including phenoxy) is 2. The largest absolute Gasteiger partial charge is 0.457 e. The molecule has 0 fully saturated rings. The minimum Gasteiger partial charge on any atom is -0.457 e. The van der Waals surface area contributed by atoms with Crippen molar-refractivity contribution >= 4 is 11.6 Å². The number of nitriles is 4. The van der Waals surface area contributed by atoms with Gasteiger partial charge >= 0.3 is 0 Å². The molecule has 0 amide bonds. The molecule has 0 aliphatic rings. The molecule has 0 atom stereocenters. The predicted molar refractivity (Wildman–Crippen MR) is 103 cm³/mol. The minimum absolute atomic E-state index is 0.204. The SMILES string of the molecule is N#Cc1ccc(Oc2ccc(Oc3ccc(C#N)c(C#N)c3)c(Cl)c2)cc1C#N. The van der Waals surface area contributed by atoms with Gasteiger partial charge in [-0.15, -0.1) is 0 Å². The standard InChI is InChI=1S/C22H9ClN4O2/c23-21-9-20(28-18-3-1-14(10-24)16(7-18)12-26)5-6-22(21)29-19-4-2-15(11-25)17(8-19)13-27/h1-9H. The second-order valence-corrected chi connectivity index (χ2v) is 6.07. The summed E-state index contributed by atoms with van der Waals surface area (Å²) in [5.74, 6) is 1.50. The molecule has 0 heterocycles. The number of benzene rings is 3. The number of hydrogen-bond donors (Lipinski definition) is 0. The first-order valence-electron chi connectivity index (χ1n) is 8.11. The fraction of sp³-hybridized carbons (Fsp3) is 0. The summed E-state index contributed by atoms with van der Waals surface area (Å²) in [5, 5.41) is 36.4. The zero-order chi connectivity index (χ0) is 20.8. The third-order valence-electron chi connectivity index (χ3n) is 3.83. The van der Waals surface area contributed by atoms with Crippen LogP contribution >= 0.6 is 11.6 Å². The fourth-order valence-electron chi connectivity index (χ4n) is 2.44. The summed E-state index contributed by atoms with van der Waals surface area (Å²) in [7, 11) is 0. The molecule has 0 bridgehead atoms. The lowest BCUT2D eigenvalue weighted by molar-refractivity contribution is 0.469. The molecule has 136 valence electrons. The second-order valence-electron chi connectivity index (χ2n) is 5.66. The van der Waals surface area contributed by atoms with Gasteiger partial charge in [-0.25, -0.2) is 0 Å². The Morgan fingerprint density at radius 1 is 0.552 bits per heavy atom. The average molecular weight is 397 g/mol. The summed E-state index contributed by atoms with van der Waals surface area (Å²) >= 11 is 6.27. The van der Waals surface area contributed by atoms with Crippen molar-refractivity contribution in [2.75, 3.05) is 0 Å². The molecule has 0 aliphatic heterocycles. The molecule has 29 heavy (non-hydrogen) atoms. The van der Waals surface area contributed by atoms with Crippen LogP contribution in [0.1, 0.15) is 22.3 Å². The van der Waals surface area contributed by atoms with Gasteiger partial charge < -0.3 is 9.47 Å². The lowest BCUT2D eigenvalue weighted by Crippen LogP contribution is -1.91. The number of nitrogens with zero attached hydrogens (tertiary/aromatic N) is 4. The molecule has 0 aliphatic carbocycles. The van der Waals surface area contributed by atoms with Crippen molar-refractivity contribution in [3.05, 3.63) is 81.9 Å². The van der Waals surface area contributed by atoms with E-state index in [0.717, 1.165) is 0 Å². The lowest BCUT2D eigenvalue weighted by Gasteiger charge is -2.11. The van der Waals surface area contributed by atoms with Gasteiger partial charge in [0.15, 0.2) is 0 Å². The normalized spacial score (nSPS) is 9.41. The van der Waals surface area contributed by atoms with Gasteiger partial charge in [0.25, 0.3) is 0 Å². The van der Waals surface area contributed by atoms with Gasteiger partial charge in [0.05, 0.1) is 27.3 Å². The maximum Gasteiger partial charge on any atom is 0.146 e. The average Bonchev–Trinajstić information content (AvgIpc) is 2.75. The number of rotatable bonds is 4. The van der Waals surface area contributed by atoms with E-state index in [-0.39, 0.29) is 27.3 Å². The zero-order valence-corrected chi connectivity index (χ0v) is 15.4. The second kappa shape index (κ2) is 8.47. The van der Waals surface area contributed by atoms with Crippen LogP contribution in [0.3, 0.4) is 0 Å². The highest BCUT2D eigenvalue weighted by molar-refractivity contribution is 6.32. The van der Waals surface area contributed by atoms with Crippen LogP contribution in [0.5, 0.6) is 23.0 Å². The van der Waals surface area contributed by atoms with E-state index in [9.17, 15) is 0 Å². The van der Waals surface area contributed by atoms with Crippen LogP contribution in [-0.2, 0) is 0 Å². The van der Waals surface area contributed by atoms with E-state index in [1.165, 1.54) is 30.3 Å². The van der Waals surface area contributed by atoms with Crippen LogP contribution in [0.15, 0.2) is 54.6 Å². The molecule has 6 nitrogen and oxygen atoms in total. The highest BCUT2D eigenvalue weighted by Gasteiger charge is 2.10. The molecule has 3 aromatic rings. The van der Waals surface area contributed by atoms with Crippen molar-refractivity contribution in [2.24, 2.45) is 0 Å². The molecular formula is C22H9ClN4O2. The monoisotopic (exact) mass is 396 g/mol. The Morgan fingerprint density at radius 2 is 1.00 bits per heavy atom. The van der Waals surface area contributed by atoms with Crippen LogP contribution in [0.25, 0.3) is 0 Å². The first-order chi connectivity index (χ1) is 14.1. The molecule has 0 unspecified atom stereocenters. The molecular weight excluding hydrogens is 388 g/mol. The third-order valence-corrected chi connectivity index (χ3v) is 4.13. The van der Waals surface area contributed by atoms with Gasteiger partial charge in [-0.1, -0.05) is 11.6 Å². The molecule has 0 spiro atoms. The number of hydrogen-bond acceptors (Lipinski definition) is 6. The Kier molecular flexibility index (Phi) is 5.63. The maximum atomic E-state index is 9.10. The predicted octanol–water partition coefficient (Wildman–Crippen LogP) is 5.41. The first kappa shape index (κ1) is 19.3. The third kappa shape index (κ3) is 4.26. The smallest absolute Gasteiger partial charge is 0.146 e. The van der Waals surface area contributed by atoms with E-state index in [1.54, 1.807) is 24.3 Å². The molecule has 0 radical (unpaired) electrons. The Hall–Kier alpha value is -4.49. The fourth-order valence-corrected chi connectivity index (χ4v) is 2.65. The summed E-state index contributed by atoms with van der Waals surface area (Å²) in [5.41, 5.74) is 0.940. The van der Waals surface area contributed by atoms with E-state index in [0.29, 0.717) is 23.0 Å². The van der Waals surface area contributed by atoms with Gasteiger partial charge in [-0.2, -0.15) is 21.0 Å². The van der Waals surface area contributed by atoms with Gasteiger partial charge in [0.2, 0.25) is 0 Å². The molecule has 0 saturated carbocycles. The minimum atomic E-state index is 0.204. The van der Waals surface area contributed by atoms with Crippen LogP contribution < -0.4 is 9.47 Å². The summed E-state index contributed by atoms with van der Waals surface area (Å²) in [6.45, 7) is 0. The maximum absolute atomic E-state index is 9.10. The Morgan fingerprint density at radius 3 is 1.48 bits per heavy atom. The van der Waals surface area contributed by atoms with E-state index in [2.05, 4.69) is 0 Å². The Bertz CT molecular complexity index is 1270. The van der Waals surface area contributed by atoms with Gasteiger partial charge in [-0.05, 0) is 48.5 Å². The summed E-state index contributed by atoms with van der Waals surface area (Å²) in [4.78, 5) is 0. The summed E-state index contributed by atoms with van der Waals surface area (Å²) < 4.78 is 11.4. The van der Waals surface area contributed by atoms with E-state index < -0.39 is 0 Å². The van der Waals surface area contributed by atoms with Crippen LogP contribution in [0, 0.1) is 45.3 Å². The van der Waals surface area contributed by atoms with Crippen molar-refractivity contribution in [3.8, 4) is 47.3 Å². The molecule has 0 aromatic heterocycles. The van der Waals surface area contributed by atoms with Crippen molar-refractivity contribution < 1.29 is 9.47 Å². The molecule has 0 saturated heterocycles. The van der Waals surface area contributed by atoms with E-state index >= 15 is 0 Å². The van der Waals surface area contributed by atoms with Crippen LogP contribution in [0.4, 0.5) is 0 Å². The van der Waals surface area contributed by atoms with Gasteiger partial charge in [0, 0.05) is 6.07 Å². The first-order valence-corrected chi connectivity index (χ1v) is 8.49. The van der Waals surface area contributed by atoms with Crippen molar-refractivity contribution in [1.82, 2.24) is 0 Å². The van der Waals surface area contributed by atoms with Gasteiger partial charge in [0.1, 0.15) is 47.3 Å². The Labute approximate surface area is 171 Å². The molecule has 3 aromatic carbocycles. The molecule has 0 N–H and O–H groups in total. The Balaban J connectivity index is 1.81. The van der Waals surface area contributed by atoms with Crippen LogP contribution in [0.2, 0.25) is 5.02 Å².